The van der Waals surface area contributed by atoms with Crippen LogP contribution in [-0.4, -0.2) is 33.2 Å². The molecule has 0 fully saturated rings. The minimum Gasteiger partial charge on any atom is -0.311 e. The van der Waals surface area contributed by atoms with Gasteiger partial charge in [-0.2, -0.15) is 0 Å². The summed E-state index contributed by atoms with van der Waals surface area (Å²) in [4.78, 5) is 13.2. The smallest absolute Gasteiger partial charge is 0.223 e. The van der Waals surface area contributed by atoms with E-state index in [-0.39, 0.29) is 24.7 Å². The lowest BCUT2D eigenvalue weighted by Crippen LogP contribution is -2.38. The normalized spacial score (nSPS) is 11.5. The summed E-state index contributed by atoms with van der Waals surface area (Å²) in [6, 6.07) is 4.85. The van der Waals surface area contributed by atoms with E-state index in [2.05, 4.69) is 4.72 Å². The number of nitrogens with one attached hydrogen (secondary N) is 1. The van der Waals surface area contributed by atoms with E-state index in [1.807, 2.05) is 6.92 Å². The van der Waals surface area contributed by atoms with Crippen molar-refractivity contribution in [3.8, 4) is 0 Å². The highest BCUT2D eigenvalue weighted by molar-refractivity contribution is 7.89. The van der Waals surface area contributed by atoms with Crippen molar-refractivity contribution >= 4 is 44.8 Å². The Hall–Kier alpha value is -0.820. The summed E-state index contributed by atoms with van der Waals surface area (Å²) in [5, 5.41) is 0.739. The average Bonchev–Trinajstić information content (AvgIpc) is 2.44. The molecule has 0 aliphatic carbocycles. The summed E-state index contributed by atoms with van der Waals surface area (Å²) >= 11 is 11.8. The molecule has 0 unspecified atom stereocenters. The first kappa shape index (κ1) is 19.2. The van der Waals surface area contributed by atoms with Crippen molar-refractivity contribution in [2.24, 2.45) is 0 Å². The van der Waals surface area contributed by atoms with Crippen LogP contribution >= 0.6 is 23.2 Å². The van der Waals surface area contributed by atoms with Crippen molar-refractivity contribution in [3.05, 3.63) is 28.2 Å². The van der Waals surface area contributed by atoms with E-state index in [1.165, 1.54) is 11.8 Å². The van der Waals surface area contributed by atoms with Gasteiger partial charge in [0.25, 0.3) is 0 Å². The van der Waals surface area contributed by atoms with E-state index >= 15 is 0 Å². The topological polar surface area (TPSA) is 66.5 Å². The molecular weight excluding hydrogens is 347 g/mol. The number of hydrogen-bond acceptors (Lipinski definition) is 3. The van der Waals surface area contributed by atoms with Gasteiger partial charge in [0.1, 0.15) is 0 Å². The van der Waals surface area contributed by atoms with Gasteiger partial charge in [0.2, 0.25) is 15.9 Å². The molecule has 124 valence electrons. The van der Waals surface area contributed by atoms with Crippen molar-refractivity contribution in [1.29, 1.82) is 0 Å². The Bertz CT molecular complexity index is 621. The number of sulfonamides is 1. The summed E-state index contributed by atoms with van der Waals surface area (Å²) in [6.45, 7) is 3.70. The standard InChI is InChI=1S/C14H20Cl2N2O3S/c1-3-4-9-22(20,21)17-7-8-18(11(2)19)12-5-6-13(15)14(16)10-12/h5-6,10,17H,3-4,7-9H2,1-2H3. The molecule has 0 saturated heterocycles. The molecule has 0 aliphatic heterocycles. The molecule has 0 radical (unpaired) electrons. The summed E-state index contributed by atoms with van der Waals surface area (Å²) in [5.41, 5.74) is 0.578. The molecule has 0 aromatic heterocycles. The molecule has 0 heterocycles. The molecule has 22 heavy (non-hydrogen) atoms. The van der Waals surface area contributed by atoms with Crippen molar-refractivity contribution in [2.75, 3.05) is 23.7 Å². The summed E-state index contributed by atoms with van der Waals surface area (Å²) in [5.74, 6) is -0.109. The van der Waals surface area contributed by atoms with Gasteiger partial charge in [-0.1, -0.05) is 36.5 Å². The number of anilines is 1. The molecule has 0 spiro atoms. The van der Waals surface area contributed by atoms with Gasteiger partial charge in [-0.3, -0.25) is 4.79 Å². The quantitative estimate of drug-likeness (QED) is 0.768. The third-order valence-electron chi connectivity index (χ3n) is 3.02. The van der Waals surface area contributed by atoms with Crippen molar-refractivity contribution in [2.45, 2.75) is 26.7 Å². The molecule has 1 aromatic carbocycles. The van der Waals surface area contributed by atoms with Crippen molar-refractivity contribution in [3.63, 3.8) is 0 Å². The molecule has 1 rings (SSSR count). The van der Waals surface area contributed by atoms with Gasteiger partial charge >= 0.3 is 0 Å². The number of hydrogen-bond donors (Lipinski definition) is 1. The van der Waals surface area contributed by atoms with Crippen LogP contribution in [0.1, 0.15) is 26.7 Å². The average molecular weight is 367 g/mol. The third kappa shape index (κ3) is 6.12. The van der Waals surface area contributed by atoms with Crippen LogP contribution in [0.3, 0.4) is 0 Å². The van der Waals surface area contributed by atoms with Gasteiger partial charge in [-0.15, -0.1) is 0 Å². The Morgan fingerprint density at radius 2 is 1.95 bits per heavy atom. The van der Waals surface area contributed by atoms with Crippen LogP contribution in [0.4, 0.5) is 5.69 Å². The highest BCUT2D eigenvalue weighted by atomic mass is 35.5. The predicted molar refractivity (Wildman–Crippen MR) is 91.2 cm³/mol. The maximum atomic E-state index is 11.7. The van der Waals surface area contributed by atoms with Crippen LogP contribution in [-0.2, 0) is 14.8 Å². The molecular formula is C14H20Cl2N2O3S. The van der Waals surface area contributed by atoms with Crippen molar-refractivity contribution in [1.82, 2.24) is 4.72 Å². The Labute approximate surface area is 141 Å². The Morgan fingerprint density at radius 3 is 2.50 bits per heavy atom. The molecule has 1 amide bonds. The fourth-order valence-corrected chi connectivity index (χ4v) is 3.35. The SMILES string of the molecule is CCCCS(=O)(=O)NCCN(C(C)=O)c1ccc(Cl)c(Cl)c1. The van der Waals surface area contributed by atoms with Gasteiger partial charge in [-0.25, -0.2) is 13.1 Å². The monoisotopic (exact) mass is 366 g/mol. The second kappa shape index (κ2) is 8.72. The molecule has 0 atom stereocenters. The number of rotatable bonds is 8. The first-order valence-corrected chi connectivity index (χ1v) is 9.38. The van der Waals surface area contributed by atoms with E-state index < -0.39 is 10.0 Å². The maximum absolute atomic E-state index is 11.7. The highest BCUT2D eigenvalue weighted by Gasteiger charge is 2.15. The van der Waals surface area contributed by atoms with Gasteiger partial charge in [0, 0.05) is 25.7 Å². The number of nitrogens with zero attached hydrogens (tertiary/aromatic N) is 1. The van der Waals surface area contributed by atoms with Crippen LogP contribution < -0.4 is 9.62 Å². The molecule has 1 N–H and O–H groups in total. The van der Waals surface area contributed by atoms with Gasteiger partial charge in [0.15, 0.2) is 0 Å². The lowest BCUT2D eigenvalue weighted by molar-refractivity contribution is -0.116. The number of amides is 1. The lowest BCUT2D eigenvalue weighted by atomic mass is 10.3. The number of benzene rings is 1. The van der Waals surface area contributed by atoms with Gasteiger partial charge in [-0.05, 0) is 24.6 Å². The van der Waals surface area contributed by atoms with Gasteiger partial charge < -0.3 is 4.90 Å². The minimum absolute atomic E-state index is 0.0936. The molecule has 1 aromatic rings. The lowest BCUT2D eigenvalue weighted by Gasteiger charge is -2.21. The molecule has 0 bridgehead atoms. The Kier molecular flexibility index (Phi) is 7.62. The Balaban J connectivity index is 2.70. The first-order chi connectivity index (χ1) is 10.3. The van der Waals surface area contributed by atoms with Crippen LogP contribution in [0.2, 0.25) is 10.0 Å². The van der Waals surface area contributed by atoms with Crippen LogP contribution in [0.25, 0.3) is 0 Å². The summed E-state index contributed by atoms with van der Waals surface area (Å²) < 4.78 is 25.9. The van der Waals surface area contributed by atoms with E-state index in [0.717, 1.165) is 6.42 Å². The summed E-state index contributed by atoms with van der Waals surface area (Å²) in [7, 11) is -3.30. The molecule has 0 aliphatic rings. The second-order valence-electron chi connectivity index (χ2n) is 4.84. The van der Waals surface area contributed by atoms with E-state index in [4.69, 9.17) is 23.2 Å². The number of halogens is 2. The second-order valence-corrected chi connectivity index (χ2v) is 7.58. The first-order valence-electron chi connectivity index (χ1n) is 6.97. The third-order valence-corrected chi connectivity index (χ3v) is 5.23. The van der Waals surface area contributed by atoms with Crippen molar-refractivity contribution < 1.29 is 13.2 Å². The van der Waals surface area contributed by atoms with Crippen LogP contribution in [0, 0.1) is 0 Å². The number of carbonyl (C=O) groups is 1. The minimum atomic E-state index is -3.30. The predicted octanol–water partition coefficient (Wildman–Crippen LogP) is 3.07. The van der Waals surface area contributed by atoms with E-state index in [1.54, 1.807) is 18.2 Å². The summed E-state index contributed by atoms with van der Waals surface area (Å²) in [6.07, 6.45) is 1.42. The van der Waals surface area contributed by atoms with E-state index in [0.29, 0.717) is 22.2 Å². The fourth-order valence-electron chi connectivity index (χ4n) is 1.84. The molecule has 8 heteroatoms. The molecule has 5 nitrogen and oxygen atoms in total. The van der Waals surface area contributed by atoms with Gasteiger partial charge in [0.05, 0.1) is 15.8 Å². The zero-order valence-electron chi connectivity index (χ0n) is 12.6. The maximum Gasteiger partial charge on any atom is 0.223 e. The number of carbonyl (C=O) groups excluding carboxylic acids is 1. The van der Waals surface area contributed by atoms with Crippen LogP contribution in [0.15, 0.2) is 18.2 Å². The zero-order chi connectivity index (χ0) is 16.8. The Morgan fingerprint density at radius 1 is 1.27 bits per heavy atom. The molecule has 0 saturated carbocycles. The fraction of sp³-hybridized carbons (Fsp3) is 0.500. The highest BCUT2D eigenvalue weighted by Crippen LogP contribution is 2.27. The zero-order valence-corrected chi connectivity index (χ0v) is 14.9. The van der Waals surface area contributed by atoms with E-state index in [9.17, 15) is 13.2 Å². The van der Waals surface area contributed by atoms with Crippen LogP contribution in [0.5, 0.6) is 0 Å². The number of unbranched alkanes of at least 4 members (excludes halogenated alkanes) is 1. The largest absolute Gasteiger partial charge is 0.311 e.